The molecule has 0 aliphatic rings. The highest BCUT2D eigenvalue weighted by Crippen LogP contribution is 2.16. The van der Waals surface area contributed by atoms with Crippen molar-refractivity contribution in [3.05, 3.63) is 12.4 Å². The molecule has 0 radical (unpaired) electrons. The Morgan fingerprint density at radius 1 is 1.41 bits per heavy atom. The summed E-state index contributed by atoms with van der Waals surface area (Å²) in [5.41, 5.74) is 5.71. The van der Waals surface area contributed by atoms with Crippen LogP contribution in [-0.4, -0.2) is 29.2 Å². The highest BCUT2D eigenvalue weighted by Gasteiger charge is 2.15. The highest BCUT2D eigenvalue weighted by molar-refractivity contribution is 5.37. The molecule has 0 saturated carbocycles. The predicted octanol–water partition coefficient (Wildman–Crippen LogP) is 1.66. The van der Waals surface area contributed by atoms with Gasteiger partial charge in [-0.05, 0) is 25.8 Å². The second-order valence-electron chi connectivity index (χ2n) is 5.13. The van der Waals surface area contributed by atoms with E-state index in [2.05, 4.69) is 29.1 Å². The number of hydrogen-bond acceptors (Lipinski definition) is 5. The van der Waals surface area contributed by atoms with Crippen LogP contribution in [0.5, 0.6) is 5.88 Å². The van der Waals surface area contributed by atoms with E-state index < -0.39 is 0 Å². The summed E-state index contributed by atoms with van der Waals surface area (Å²) in [6.07, 6.45) is 1.61. The zero-order valence-electron chi connectivity index (χ0n) is 11.0. The first-order valence-electron chi connectivity index (χ1n) is 5.85. The first kappa shape index (κ1) is 13.7. The van der Waals surface area contributed by atoms with Gasteiger partial charge in [0.1, 0.15) is 12.1 Å². The Hall–Kier alpha value is -1.36. The Kier molecular flexibility index (Phi) is 4.69. The van der Waals surface area contributed by atoms with Gasteiger partial charge in [-0.25, -0.2) is 9.97 Å². The van der Waals surface area contributed by atoms with E-state index in [1.165, 1.54) is 6.33 Å². The molecule has 17 heavy (non-hydrogen) atoms. The van der Waals surface area contributed by atoms with E-state index in [9.17, 15) is 0 Å². The lowest BCUT2D eigenvalue weighted by Crippen LogP contribution is -2.31. The van der Waals surface area contributed by atoms with Crippen LogP contribution in [0.25, 0.3) is 0 Å². The summed E-state index contributed by atoms with van der Waals surface area (Å²) >= 11 is 0. The van der Waals surface area contributed by atoms with E-state index in [1.54, 1.807) is 6.07 Å². The van der Waals surface area contributed by atoms with Crippen LogP contribution in [0.15, 0.2) is 12.4 Å². The molecule has 1 aromatic heterocycles. The molecule has 0 aliphatic heterocycles. The number of aromatic nitrogens is 2. The van der Waals surface area contributed by atoms with Crippen molar-refractivity contribution in [2.24, 2.45) is 11.1 Å². The summed E-state index contributed by atoms with van der Waals surface area (Å²) < 4.78 is 5.50. The smallest absolute Gasteiger partial charge is 0.218 e. The van der Waals surface area contributed by atoms with Crippen molar-refractivity contribution in [2.75, 3.05) is 18.4 Å². The fourth-order valence-electron chi connectivity index (χ4n) is 1.14. The van der Waals surface area contributed by atoms with Crippen molar-refractivity contribution in [3.8, 4) is 5.88 Å². The van der Waals surface area contributed by atoms with Gasteiger partial charge in [-0.1, -0.05) is 13.8 Å². The summed E-state index contributed by atoms with van der Waals surface area (Å²) in [6.45, 7) is 9.53. The molecule has 0 fully saturated rings. The summed E-state index contributed by atoms with van der Waals surface area (Å²) in [7, 11) is 0. The summed E-state index contributed by atoms with van der Waals surface area (Å²) in [6, 6.07) is 1.80. The largest absolute Gasteiger partial charge is 0.475 e. The molecule has 0 aliphatic carbocycles. The fourth-order valence-corrected chi connectivity index (χ4v) is 1.14. The maximum atomic E-state index is 5.67. The van der Waals surface area contributed by atoms with E-state index in [0.717, 1.165) is 12.4 Å². The SMILES string of the molecule is CC(C)Oc1cc(NCC(C)(C)CN)ncn1. The second kappa shape index (κ2) is 5.82. The van der Waals surface area contributed by atoms with E-state index in [1.807, 2.05) is 13.8 Å². The van der Waals surface area contributed by atoms with Crippen LogP contribution in [0.4, 0.5) is 5.82 Å². The van der Waals surface area contributed by atoms with Crippen LogP contribution in [0.2, 0.25) is 0 Å². The molecule has 96 valence electrons. The Labute approximate surface area is 103 Å². The molecular weight excluding hydrogens is 216 g/mol. The summed E-state index contributed by atoms with van der Waals surface area (Å²) in [5.74, 6) is 1.35. The van der Waals surface area contributed by atoms with Crippen molar-refractivity contribution in [1.29, 1.82) is 0 Å². The van der Waals surface area contributed by atoms with Gasteiger partial charge in [0, 0.05) is 12.6 Å². The molecule has 1 aromatic rings. The average molecular weight is 238 g/mol. The fraction of sp³-hybridized carbons (Fsp3) is 0.667. The molecule has 0 aromatic carbocycles. The lowest BCUT2D eigenvalue weighted by molar-refractivity contribution is 0.232. The van der Waals surface area contributed by atoms with Crippen molar-refractivity contribution in [2.45, 2.75) is 33.8 Å². The minimum atomic E-state index is 0.0457. The van der Waals surface area contributed by atoms with Crippen LogP contribution in [0, 0.1) is 5.41 Å². The zero-order chi connectivity index (χ0) is 12.9. The van der Waals surface area contributed by atoms with Gasteiger partial charge >= 0.3 is 0 Å². The number of ether oxygens (including phenoxy) is 1. The lowest BCUT2D eigenvalue weighted by Gasteiger charge is -2.22. The predicted molar refractivity (Wildman–Crippen MR) is 69.1 cm³/mol. The van der Waals surface area contributed by atoms with Gasteiger partial charge in [-0.2, -0.15) is 0 Å². The molecular formula is C12H22N4O. The maximum Gasteiger partial charge on any atom is 0.218 e. The van der Waals surface area contributed by atoms with Crippen LogP contribution >= 0.6 is 0 Å². The summed E-state index contributed by atoms with van der Waals surface area (Å²) in [4.78, 5) is 8.19. The molecule has 0 amide bonds. The first-order chi connectivity index (χ1) is 7.93. The molecule has 0 bridgehead atoms. The molecule has 5 nitrogen and oxygen atoms in total. The monoisotopic (exact) mass is 238 g/mol. The van der Waals surface area contributed by atoms with Crippen molar-refractivity contribution in [1.82, 2.24) is 9.97 Å². The normalized spacial score (nSPS) is 11.6. The van der Waals surface area contributed by atoms with Crippen LogP contribution in [0.1, 0.15) is 27.7 Å². The molecule has 5 heteroatoms. The molecule has 1 heterocycles. The first-order valence-corrected chi connectivity index (χ1v) is 5.85. The molecule has 0 saturated heterocycles. The van der Waals surface area contributed by atoms with E-state index in [-0.39, 0.29) is 11.5 Å². The molecule has 0 unspecified atom stereocenters. The third-order valence-corrected chi connectivity index (χ3v) is 2.30. The Morgan fingerprint density at radius 2 is 2.12 bits per heavy atom. The quantitative estimate of drug-likeness (QED) is 0.788. The Morgan fingerprint density at radius 3 is 2.71 bits per heavy atom. The zero-order valence-corrected chi connectivity index (χ0v) is 11.0. The number of nitrogens with one attached hydrogen (secondary N) is 1. The third-order valence-electron chi connectivity index (χ3n) is 2.30. The lowest BCUT2D eigenvalue weighted by atomic mass is 9.94. The van der Waals surface area contributed by atoms with Gasteiger partial charge < -0.3 is 15.8 Å². The van der Waals surface area contributed by atoms with Crippen LogP contribution in [0.3, 0.4) is 0 Å². The van der Waals surface area contributed by atoms with Gasteiger partial charge in [-0.3, -0.25) is 0 Å². The van der Waals surface area contributed by atoms with Crippen molar-refractivity contribution >= 4 is 5.82 Å². The number of rotatable bonds is 6. The summed E-state index contributed by atoms with van der Waals surface area (Å²) in [5, 5.41) is 3.24. The minimum Gasteiger partial charge on any atom is -0.475 e. The van der Waals surface area contributed by atoms with Gasteiger partial charge in [0.25, 0.3) is 0 Å². The van der Waals surface area contributed by atoms with Gasteiger partial charge in [0.15, 0.2) is 0 Å². The molecule has 1 rings (SSSR count). The number of nitrogens with two attached hydrogens (primary N) is 1. The number of nitrogens with zero attached hydrogens (tertiary/aromatic N) is 2. The van der Waals surface area contributed by atoms with E-state index in [4.69, 9.17) is 10.5 Å². The van der Waals surface area contributed by atoms with Gasteiger partial charge in [0.2, 0.25) is 5.88 Å². The van der Waals surface area contributed by atoms with E-state index >= 15 is 0 Å². The van der Waals surface area contributed by atoms with Gasteiger partial charge in [-0.15, -0.1) is 0 Å². The van der Waals surface area contributed by atoms with Crippen LogP contribution < -0.4 is 15.8 Å². The van der Waals surface area contributed by atoms with Crippen molar-refractivity contribution < 1.29 is 4.74 Å². The number of anilines is 1. The van der Waals surface area contributed by atoms with Crippen LogP contribution in [-0.2, 0) is 0 Å². The van der Waals surface area contributed by atoms with Crippen molar-refractivity contribution in [3.63, 3.8) is 0 Å². The minimum absolute atomic E-state index is 0.0457. The Balaban J connectivity index is 2.60. The molecule has 3 N–H and O–H groups in total. The van der Waals surface area contributed by atoms with Gasteiger partial charge in [0.05, 0.1) is 6.10 Å². The molecule has 0 spiro atoms. The third kappa shape index (κ3) is 4.99. The Bertz CT molecular complexity index is 352. The standard InChI is InChI=1S/C12H22N4O/c1-9(2)17-11-5-10(15-8-16-11)14-7-12(3,4)6-13/h5,8-9H,6-7,13H2,1-4H3,(H,14,15,16). The topological polar surface area (TPSA) is 73.1 Å². The van der Waals surface area contributed by atoms with E-state index in [0.29, 0.717) is 12.4 Å². The highest BCUT2D eigenvalue weighted by atomic mass is 16.5. The second-order valence-corrected chi connectivity index (χ2v) is 5.13. The average Bonchev–Trinajstić information content (AvgIpc) is 2.26. The number of hydrogen-bond donors (Lipinski definition) is 2. The molecule has 0 atom stereocenters. The maximum absolute atomic E-state index is 5.67.